The van der Waals surface area contributed by atoms with Crippen LogP contribution < -0.4 is 20.7 Å². The second-order valence-electron chi connectivity index (χ2n) is 5.08. The predicted molar refractivity (Wildman–Crippen MR) is 84.4 cm³/mol. The highest BCUT2D eigenvalue weighted by molar-refractivity contribution is 5.42. The van der Waals surface area contributed by atoms with E-state index in [0.717, 1.165) is 22.6 Å². The molecule has 1 atom stereocenters. The second-order valence-corrected chi connectivity index (χ2v) is 5.08. The average molecular weight is 286 g/mol. The fourth-order valence-corrected chi connectivity index (χ4v) is 2.24. The minimum absolute atomic E-state index is 0.112. The molecule has 4 nitrogen and oxygen atoms in total. The summed E-state index contributed by atoms with van der Waals surface area (Å²) in [6.07, 6.45) is 0.112. The summed E-state index contributed by atoms with van der Waals surface area (Å²) in [7, 11) is 1.65. The van der Waals surface area contributed by atoms with Gasteiger partial charge in [-0.15, -0.1) is 0 Å². The summed E-state index contributed by atoms with van der Waals surface area (Å²) in [5, 5.41) is 0. The Morgan fingerprint density at radius 3 is 2.24 bits per heavy atom. The van der Waals surface area contributed by atoms with Gasteiger partial charge < -0.3 is 9.47 Å². The Morgan fingerprint density at radius 2 is 1.67 bits per heavy atom. The number of rotatable bonds is 6. The van der Waals surface area contributed by atoms with Crippen molar-refractivity contribution in [1.29, 1.82) is 0 Å². The van der Waals surface area contributed by atoms with Crippen LogP contribution in [0.4, 0.5) is 0 Å². The maximum absolute atomic E-state index is 5.87. The van der Waals surface area contributed by atoms with E-state index >= 15 is 0 Å². The monoisotopic (exact) mass is 286 g/mol. The van der Waals surface area contributed by atoms with Crippen LogP contribution in [0.25, 0.3) is 0 Å². The van der Waals surface area contributed by atoms with Gasteiger partial charge in [0.15, 0.2) is 0 Å². The van der Waals surface area contributed by atoms with Crippen LogP contribution in [0.5, 0.6) is 11.5 Å². The fraction of sp³-hybridized carbons (Fsp3) is 0.294. The molecule has 0 fully saturated rings. The lowest BCUT2D eigenvalue weighted by Gasteiger charge is -2.21. The van der Waals surface area contributed by atoms with Crippen molar-refractivity contribution < 1.29 is 9.47 Å². The van der Waals surface area contributed by atoms with Gasteiger partial charge in [-0.1, -0.05) is 30.3 Å². The van der Waals surface area contributed by atoms with Gasteiger partial charge in [0.05, 0.1) is 19.3 Å². The van der Waals surface area contributed by atoms with Gasteiger partial charge in [-0.05, 0) is 37.6 Å². The van der Waals surface area contributed by atoms with Crippen molar-refractivity contribution in [3.05, 3.63) is 59.7 Å². The molecule has 0 amide bonds. The van der Waals surface area contributed by atoms with Crippen LogP contribution in [0.1, 0.15) is 31.0 Å². The molecule has 0 aromatic heterocycles. The number of hydrazine groups is 1. The number of ether oxygens (including phenoxy) is 2. The third-order valence-corrected chi connectivity index (χ3v) is 3.21. The zero-order valence-corrected chi connectivity index (χ0v) is 12.7. The first-order valence-electron chi connectivity index (χ1n) is 7.01. The fourth-order valence-electron chi connectivity index (χ4n) is 2.24. The Bertz CT molecular complexity index is 567. The highest BCUT2D eigenvalue weighted by Crippen LogP contribution is 2.30. The topological polar surface area (TPSA) is 56.5 Å². The molecule has 0 aliphatic heterocycles. The number of nitrogens with one attached hydrogen (secondary N) is 1. The molecule has 0 aliphatic rings. The lowest BCUT2D eigenvalue weighted by Crippen LogP contribution is -2.29. The molecular formula is C17H22N2O2. The Labute approximate surface area is 125 Å². The first-order valence-corrected chi connectivity index (χ1v) is 7.01. The number of hydrogen-bond acceptors (Lipinski definition) is 4. The quantitative estimate of drug-likeness (QED) is 0.633. The van der Waals surface area contributed by atoms with Crippen LogP contribution in [0.3, 0.4) is 0 Å². The van der Waals surface area contributed by atoms with Gasteiger partial charge in [0.1, 0.15) is 11.5 Å². The van der Waals surface area contributed by atoms with E-state index < -0.39 is 0 Å². The summed E-state index contributed by atoms with van der Waals surface area (Å²) < 4.78 is 11.1. The van der Waals surface area contributed by atoms with E-state index in [1.807, 2.05) is 62.4 Å². The highest BCUT2D eigenvalue weighted by Gasteiger charge is 2.17. The molecule has 2 rings (SSSR count). The summed E-state index contributed by atoms with van der Waals surface area (Å²) in [6.45, 7) is 4.02. The van der Waals surface area contributed by atoms with E-state index in [0.29, 0.717) is 0 Å². The van der Waals surface area contributed by atoms with Crippen molar-refractivity contribution in [1.82, 2.24) is 5.43 Å². The zero-order chi connectivity index (χ0) is 15.2. The lowest BCUT2D eigenvalue weighted by molar-refractivity contribution is 0.238. The third kappa shape index (κ3) is 3.74. The van der Waals surface area contributed by atoms with Crippen molar-refractivity contribution in [3.63, 3.8) is 0 Å². The molecule has 3 N–H and O–H groups in total. The lowest BCUT2D eigenvalue weighted by atomic mass is 9.98. The minimum Gasteiger partial charge on any atom is -0.497 e. The first kappa shape index (κ1) is 15.4. The molecule has 4 heteroatoms. The predicted octanol–water partition coefficient (Wildman–Crippen LogP) is 3.04. The number of para-hydroxylation sites is 1. The van der Waals surface area contributed by atoms with Gasteiger partial charge in [-0.3, -0.25) is 5.84 Å². The molecule has 0 heterocycles. The van der Waals surface area contributed by atoms with Crippen molar-refractivity contribution in [2.75, 3.05) is 7.11 Å². The molecule has 2 aromatic rings. The van der Waals surface area contributed by atoms with Crippen molar-refractivity contribution >= 4 is 0 Å². The van der Waals surface area contributed by atoms with E-state index in [1.165, 1.54) is 0 Å². The van der Waals surface area contributed by atoms with Crippen LogP contribution >= 0.6 is 0 Å². The molecule has 0 bridgehead atoms. The van der Waals surface area contributed by atoms with E-state index in [1.54, 1.807) is 7.11 Å². The summed E-state index contributed by atoms with van der Waals surface area (Å²) in [4.78, 5) is 0. The Morgan fingerprint density at radius 1 is 1.00 bits per heavy atom. The van der Waals surface area contributed by atoms with Crippen LogP contribution in [-0.2, 0) is 0 Å². The summed E-state index contributed by atoms with van der Waals surface area (Å²) in [5.41, 5.74) is 4.93. The van der Waals surface area contributed by atoms with Crippen LogP contribution in [-0.4, -0.2) is 13.2 Å². The van der Waals surface area contributed by atoms with Crippen LogP contribution in [0.2, 0.25) is 0 Å². The highest BCUT2D eigenvalue weighted by atomic mass is 16.5. The largest absolute Gasteiger partial charge is 0.497 e. The molecule has 0 saturated heterocycles. The van der Waals surface area contributed by atoms with Gasteiger partial charge in [0, 0.05) is 5.56 Å². The molecule has 0 spiro atoms. The average Bonchev–Trinajstić information content (AvgIpc) is 2.50. The third-order valence-electron chi connectivity index (χ3n) is 3.21. The van der Waals surface area contributed by atoms with E-state index in [9.17, 15) is 0 Å². The minimum atomic E-state index is -0.133. The first-order chi connectivity index (χ1) is 10.2. The molecule has 112 valence electrons. The maximum atomic E-state index is 5.87. The maximum Gasteiger partial charge on any atom is 0.124 e. The smallest absolute Gasteiger partial charge is 0.124 e. The Balaban J connectivity index is 2.36. The number of hydrogen-bond donors (Lipinski definition) is 2. The van der Waals surface area contributed by atoms with Gasteiger partial charge in [0.2, 0.25) is 0 Å². The SMILES string of the molecule is COc1ccc(C(NN)c2ccccc2OC(C)C)cc1. The number of benzene rings is 2. The summed E-state index contributed by atoms with van der Waals surface area (Å²) in [6, 6.07) is 15.6. The molecule has 1 unspecified atom stereocenters. The van der Waals surface area contributed by atoms with E-state index in [4.69, 9.17) is 15.3 Å². The molecule has 0 radical (unpaired) electrons. The van der Waals surface area contributed by atoms with Gasteiger partial charge >= 0.3 is 0 Å². The van der Waals surface area contributed by atoms with Crippen LogP contribution in [0, 0.1) is 0 Å². The summed E-state index contributed by atoms with van der Waals surface area (Å²) >= 11 is 0. The van der Waals surface area contributed by atoms with Gasteiger partial charge in [-0.2, -0.15) is 0 Å². The van der Waals surface area contributed by atoms with Crippen molar-refractivity contribution in [2.45, 2.75) is 26.0 Å². The molecule has 0 aliphatic carbocycles. The Hall–Kier alpha value is -2.04. The summed E-state index contributed by atoms with van der Waals surface area (Å²) in [5.74, 6) is 7.43. The van der Waals surface area contributed by atoms with Gasteiger partial charge in [-0.25, -0.2) is 5.43 Å². The molecular weight excluding hydrogens is 264 g/mol. The Kier molecular flexibility index (Phi) is 5.20. The van der Waals surface area contributed by atoms with E-state index in [-0.39, 0.29) is 12.1 Å². The van der Waals surface area contributed by atoms with Crippen molar-refractivity contribution in [3.8, 4) is 11.5 Å². The molecule has 0 saturated carbocycles. The molecule has 2 aromatic carbocycles. The normalized spacial score (nSPS) is 12.2. The number of methoxy groups -OCH3 is 1. The zero-order valence-electron chi connectivity index (χ0n) is 12.7. The number of nitrogens with two attached hydrogens (primary N) is 1. The standard InChI is InChI=1S/C17H22N2O2/c1-12(2)21-16-7-5-4-6-15(16)17(19-18)13-8-10-14(20-3)11-9-13/h4-12,17,19H,18H2,1-3H3. The van der Waals surface area contributed by atoms with E-state index in [2.05, 4.69) is 5.43 Å². The molecule has 21 heavy (non-hydrogen) atoms. The van der Waals surface area contributed by atoms with Gasteiger partial charge in [0.25, 0.3) is 0 Å². The second kappa shape index (κ2) is 7.11. The van der Waals surface area contributed by atoms with Crippen molar-refractivity contribution in [2.24, 2.45) is 5.84 Å². The van der Waals surface area contributed by atoms with Crippen LogP contribution in [0.15, 0.2) is 48.5 Å².